The second-order valence-corrected chi connectivity index (χ2v) is 7.12. The van der Waals surface area contributed by atoms with E-state index in [9.17, 15) is 14.7 Å². The number of imidazole rings is 1. The average Bonchev–Trinajstić information content (AvgIpc) is 3.08. The van der Waals surface area contributed by atoms with Gasteiger partial charge in [-0.25, -0.2) is 10.2 Å². The molecule has 0 aliphatic heterocycles. The zero-order valence-electron chi connectivity index (χ0n) is 17.3. The van der Waals surface area contributed by atoms with E-state index in [2.05, 4.69) is 20.5 Å². The molecule has 0 saturated heterocycles. The molecule has 0 amide bonds. The first kappa shape index (κ1) is 21.4. The molecule has 3 heterocycles. The van der Waals surface area contributed by atoms with Crippen LogP contribution in [0.5, 0.6) is 0 Å². The predicted octanol–water partition coefficient (Wildman–Crippen LogP) is 0.0606. The van der Waals surface area contributed by atoms with Crippen LogP contribution in [0.15, 0.2) is 39.2 Å². The lowest BCUT2D eigenvalue weighted by molar-refractivity contribution is -0.000109. The normalized spacial score (nSPS) is 12.9. The van der Waals surface area contributed by atoms with E-state index in [4.69, 9.17) is 4.74 Å². The Morgan fingerprint density at radius 1 is 1.30 bits per heavy atom. The third-order valence-corrected chi connectivity index (χ3v) is 4.43. The number of ether oxygens (including phenoxy) is 1. The minimum Gasteiger partial charge on any atom is -0.389 e. The Morgan fingerprint density at radius 2 is 2.07 bits per heavy atom. The van der Waals surface area contributed by atoms with E-state index < -0.39 is 17.4 Å². The molecule has 30 heavy (non-hydrogen) atoms. The Hall–Kier alpha value is -3.31. The Morgan fingerprint density at radius 3 is 2.73 bits per heavy atom. The van der Waals surface area contributed by atoms with Crippen molar-refractivity contribution in [3.8, 4) is 0 Å². The summed E-state index contributed by atoms with van der Waals surface area (Å²) in [5.41, 5.74) is 2.93. The van der Waals surface area contributed by atoms with Crippen molar-refractivity contribution in [2.75, 3.05) is 12.0 Å². The summed E-state index contributed by atoms with van der Waals surface area (Å²) in [5, 5.41) is 14.6. The molecule has 0 unspecified atom stereocenters. The number of aryl methyl sites for hydroxylation is 1. The van der Waals surface area contributed by atoms with E-state index in [1.165, 1.54) is 23.2 Å². The van der Waals surface area contributed by atoms with Crippen molar-refractivity contribution in [1.29, 1.82) is 0 Å². The van der Waals surface area contributed by atoms with E-state index in [0.717, 1.165) is 10.1 Å². The lowest BCUT2D eigenvalue weighted by atomic mass is 10.3. The van der Waals surface area contributed by atoms with Gasteiger partial charge in [-0.3, -0.25) is 18.9 Å². The van der Waals surface area contributed by atoms with Crippen LogP contribution in [0.4, 0.5) is 5.95 Å². The van der Waals surface area contributed by atoms with Crippen LogP contribution in [-0.2, 0) is 25.4 Å². The number of anilines is 1. The molecule has 3 aromatic rings. The molecule has 3 aromatic heterocycles. The number of rotatable bonds is 8. The summed E-state index contributed by atoms with van der Waals surface area (Å²) in [7, 11) is 2.93. The number of aromatic nitrogens is 5. The Bertz CT molecular complexity index is 1160. The van der Waals surface area contributed by atoms with Gasteiger partial charge in [0.1, 0.15) is 0 Å². The van der Waals surface area contributed by atoms with Crippen molar-refractivity contribution >= 4 is 23.3 Å². The first-order chi connectivity index (χ1) is 14.3. The summed E-state index contributed by atoms with van der Waals surface area (Å²) in [4.78, 5) is 33.4. The fraction of sp³-hybridized carbons (Fsp3) is 0.421. The molecule has 160 valence electrons. The molecule has 0 radical (unpaired) electrons. The van der Waals surface area contributed by atoms with Crippen LogP contribution in [0.2, 0.25) is 0 Å². The van der Waals surface area contributed by atoms with Crippen molar-refractivity contribution in [2.45, 2.75) is 32.6 Å². The lowest BCUT2D eigenvalue weighted by Gasteiger charge is -2.16. The summed E-state index contributed by atoms with van der Waals surface area (Å²) in [6.07, 6.45) is 3.90. The van der Waals surface area contributed by atoms with Gasteiger partial charge >= 0.3 is 5.69 Å². The molecular weight excluding hydrogens is 390 g/mol. The predicted molar refractivity (Wildman–Crippen MR) is 113 cm³/mol. The second kappa shape index (κ2) is 9.01. The van der Waals surface area contributed by atoms with E-state index >= 15 is 0 Å². The van der Waals surface area contributed by atoms with Gasteiger partial charge in [-0.1, -0.05) is 6.07 Å². The summed E-state index contributed by atoms with van der Waals surface area (Å²) in [5.74, 6) is 0.215. The third-order valence-electron chi connectivity index (χ3n) is 4.43. The van der Waals surface area contributed by atoms with Gasteiger partial charge in [0.05, 0.1) is 31.6 Å². The number of nitrogens with one attached hydrogen (secondary N) is 1. The van der Waals surface area contributed by atoms with Crippen molar-refractivity contribution in [3.05, 3.63) is 50.9 Å². The summed E-state index contributed by atoms with van der Waals surface area (Å²) in [6, 6.07) is 3.61. The van der Waals surface area contributed by atoms with Gasteiger partial charge in [-0.05, 0) is 19.9 Å². The molecule has 11 nitrogen and oxygen atoms in total. The fourth-order valence-electron chi connectivity index (χ4n) is 2.89. The second-order valence-electron chi connectivity index (χ2n) is 7.12. The zero-order valence-corrected chi connectivity index (χ0v) is 17.3. The summed E-state index contributed by atoms with van der Waals surface area (Å²) >= 11 is 0. The highest BCUT2D eigenvalue weighted by Crippen LogP contribution is 2.16. The van der Waals surface area contributed by atoms with Crippen molar-refractivity contribution in [3.63, 3.8) is 0 Å². The Kier molecular flexibility index (Phi) is 6.43. The molecule has 1 atom stereocenters. The van der Waals surface area contributed by atoms with E-state index in [1.807, 2.05) is 19.9 Å². The van der Waals surface area contributed by atoms with Crippen molar-refractivity contribution < 1.29 is 9.84 Å². The number of hydrazone groups is 1. The van der Waals surface area contributed by atoms with Gasteiger partial charge in [0, 0.05) is 32.1 Å². The monoisotopic (exact) mass is 415 g/mol. The molecule has 0 aliphatic carbocycles. The van der Waals surface area contributed by atoms with Gasteiger partial charge in [-0.15, -0.1) is 0 Å². The molecule has 0 fully saturated rings. The van der Waals surface area contributed by atoms with Gasteiger partial charge in [-0.2, -0.15) is 10.1 Å². The topological polar surface area (TPSA) is 129 Å². The number of fused-ring (bicyclic) bond motifs is 1. The minimum atomic E-state index is -0.894. The van der Waals surface area contributed by atoms with Gasteiger partial charge < -0.3 is 14.4 Å². The van der Waals surface area contributed by atoms with E-state index in [1.54, 1.807) is 24.7 Å². The third kappa shape index (κ3) is 4.47. The lowest BCUT2D eigenvalue weighted by Crippen LogP contribution is -2.38. The summed E-state index contributed by atoms with van der Waals surface area (Å²) in [6.45, 7) is 3.85. The molecule has 0 aromatic carbocycles. The van der Waals surface area contributed by atoms with Gasteiger partial charge in [0.15, 0.2) is 11.2 Å². The highest BCUT2D eigenvalue weighted by atomic mass is 16.5. The highest BCUT2D eigenvalue weighted by Gasteiger charge is 2.21. The van der Waals surface area contributed by atoms with Crippen LogP contribution in [0.1, 0.15) is 19.4 Å². The van der Waals surface area contributed by atoms with Crippen LogP contribution in [0, 0.1) is 0 Å². The number of aliphatic hydroxyl groups is 1. The Labute approximate surface area is 172 Å². The van der Waals surface area contributed by atoms with Crippen LogP contribution in [-0.4, -0.2) is 53.8 Å². The van der Waals surface area contributed by atoms with Crippen LogP contribution >= 0.6 is 0 Å². The molecule has 11 heteroatoms. The Balaban J connectivity index is 2.02. The maximum atomic E-state index is 12.8. The molecule has 2 N–H and O–H groups in total. The highest BCUT2D eigenvalue weighted by molar-refractivity contribution is 5.80. The number of hydrogen-bond donors (Lipinski definition) is 2. The van der Waals surface area contributed by atoms with E-state index in [-0.39, 0.29) is 36.4 Å². The van der Waals surface area contributed by atoms with Crippen LogP contribution < -0.4 is 16.7 Å². The molecule has 3 rings (SSSR count). The first-order valence-corrected chi connectivity index (χ1v) is 9.44. The molecule has 0 aliphatic rings. The quantitative estimate of drug-likeness (QED) is 0.393. The van der Waals surface area contributed by atoms with Crippen LogP contribution in [0.25, 0.3) is 11.2 Å². The fourth-order valence-corrected chi connectivity index (χ4v) is 2.89. The number of aliphatic hydroxyl groups excluding tert-OH is 1. The number of hydrogen-bond acceptors (Lipinski definition) is 8. The summed E-state index contributed by atoms with van der Waals surface area (Å²) < 4.78 is 9.25. The SMILES string of the molecule is CC(C)OC[C@@H](O)Cn1c(N/N=C\c2cccnc2)nc2c1c(=O)n(C)c(=O)n2C. The van der Waals surface area contributed by atoms with Crippen molar-refractivity contribution in [1.82, 2.24) is 23.7 Å². The zero-order chi connectivity index (χ0) is 21.8. The molecule has 0 saturated carbocycles. The van der Waals surface area contributed by atoms with Gasteiger partial charge in [0.2, 0.25) is 5.95 Å². The first-order valence-electron chi connectivity index (χ1n) is 9.44. The number of nitrogens with zero attached hydrogens (tertiary/aromatic N) is 6. The van der Waals surface area contributed by atoms with Gasteiger partial charge in [0.25, 0.3) is 5.56 Å². The molecule has 0 bridgehead atoms. The van der Waals surface area contributed by atoms with E-state index in [0.29, 0.717) is 0 Å². The largest absolute Gasteiger partial charge is 0.389 e. The number of pyridine rings is 1. The molecular formula is C19H25N7O4. The van der Waals surface area contributed by atoms with Crippen molar-refractivity contribution in [2.24, 2.45) is 19.2 Å². The minimum absolute atomic E-state index is 0.0292. The smallest absolute Gasteiger partial charge is 0.332 e. The van der Waals surface area contributed by atoms with Crippen LogP contribution in [0.3, 0.4) is 0 Å². The maximum Gasteiger partial charge on any atom is 0.332 e. The molecule has 0 spiro atoms. The average molecular weight is 415 g/mol. The maximum absolute atomic E-state index is 12.8. The standard InChI is InChI=1S/C19H25N7O4/c1-12(2)30-11-14(27)10-26-15-16(24(3)19(29)25(4)17(15)28)22-18(26)23-21-9-13-6-5-7-20-8-13/h5-9,12,14,27H,10-11H2,1-4H3,(H,22,23)/b21-9-/t14-/m0/s1.